The van der Waals surface area contributed by atoms with E-state index in [9.17, 15) is 19.5 Å². The van der Waals surface area contributed by atoms with Gasteiger partial charge >= 0.3 is 6.09 Å². The standard InChI is InChI=1S/C28H40ClN5O6/c1-19(2)16-34(21-15-20(17-32(18-21)28(37)38)26(35)31-10-13-40-14-11-31)27(36)25-30-23-8-6-7-22(29)24(23)33(25)9-4-5-12-39-3/h6-8,19-21H,4-5,9-18H2,1-3H3,(H,37,38)/t20-,21+/m1/s1. The Kier molecular flexibility index (Phi) is 10.3. The Hall–Kier alpha value is -2.89. The van der Waals surface area contributed by atoms with Crippen LogP contribution in [0.25, 0.3) is 11.0 Å². The Labute approximate surface area is 239 Å². The molecule has 2 aliphatic heterocycles. The van der Waals surface area contributed by atoms with Crippen molar-refractivity contribution in [1.82, 2.24) is 24.3 Å². The predicted molar refractivity (Wildman–Crippen MR) is 151 cm³/mol. The number of aromatic nitrogens is 2. The molecule has 3 heterocycles. The number of aryl methyl sites for hydroxylation is 1. The fraction of sp³-hybridized carbons (Fsp3) is 0.643. The zero-order valence-electron chi connectivity index (χ0n) is 23.6. The van der Waals surface area contributed by atoms with Crippen LogP contribution in [-0.2, 0) is 20.8 Å². The first kappa shape index (κ1) is 30.1. The number of hydrogen-bond donors (Lipinski definition) is 1. The lowest BCUT2D eigenvalue weighted by molar-refractivity contribution is -0.142. The van der Waals surface area contributed by atoms with E-state index in [1.165, 1.54) is 4.90 Å². The molecule has 4 rings (SSSR count). The molecule has 40 heavy (non-hydrogen) atoms. The monoisotopic (exact) mass is 577 g/mol. The largest absolute Gasteiger partial charge is 0.465 e. The van der Waals surface area contributed by atoms with Crippen molar-refractivity contribution in [1.29, 1.82) is 0 Å². The van der Waals surface area contributed by atoms with Gasteiger partial charge in [-0.2, -0.15) is 0 Å². The first-order valence-electron chi connectivity index (χ1n) is 14.0. The van der Waals surface area contributed by atoms with E-state index in [1.807, 2.05) is 24.5 Å². The minimum atomic E-state index is -1.10. The van der Waals surface area contributed by atoms with Crippen LogP contribution in [0.1, 0.15) is 43.7 Å². The lowest BCUT2D eigenvalue weighted by Gasteiger charge is -2.43. The topological polar surface area (TPSA) is 117 Å². The molecule has 1 N–H and O–H groups in total. The molecule has 2 atom stereocenters. The van der Waals surface area contributed by atoms with Gasteiger partial charge in [0, 0.05) is 53.0 Å². The molecule has 0 saturated carbocycles. The molecule has 12 heteroatoms. The summed E-state index contributed by atoms with van der Waals surface area (Å²) in [5.74, 6) is -0.543. The van der Waals surface area contributed by atoms with Crippen molar-refractivity contribution in [3.05, 3.63) is 29.0 Å². The second kappa shape index (κ2) is 13.6. The minimum absolute atomic E-state index is 0.0895. The number of amides is 3. The molecule has 2 fully saturated rings. The van der Waals surface area contributed by atoms with Crippen molar-refractivity contribution in [2.75, 3.05) is 59.7 Å². The lowest BCUT2D eigenvalue weighted by Crippen LogP contribution is -2.58. The summed E-state index contributed by atoms with van der Waals surface area (Å²) in [5.41, 5.74) is 1.33. The molecule has 2 aromatic rings. The lowest BCUT2D eigenvalue weighted by atomic mass is 9.91. The number of likely N-dealkylation sites (tertiary alicyclic amines) is 1. The van der Waals surface area contributed by atoms with E-state index in [0.717, 1.165) is 12.8 Å². The number of imidazole rings is 1. The molecule has 0 radical (unpaired) electrons. The highest BCUT2D eigenvalue weighted by molar-refractivity contribution is 6.35. The summed E-state index contributed by atoms with van der Waals surface area (Å²) in [6, 6.07) is 4.94. The van der Waals surface area contributed by atoms with Gasteiger partial charge in [0.2, 0.25) is 5.91 Å². The van der Waals surface area contributed by atoms with Gasteiger partial charge in [0.15, 0.2) is 5.82 Å². The Balaban J connectivity index is 1.67. The van der Waals surface area contributed by atoms with Crippen LogP contribution in [0.5, 0.6) is 0 Å². The average molecular weight is 578 g/mol. The molecular formula is C28H40ClN5O6. The zero-order valence-corrected chi connectivity index (χ0v) is 24.3. The summed E-state index contributed by atoms with van der Waals surface area (Å²) < 4.78 is 12.5. The quantitative estimate of drug-likeness (QED) is 0.430. The van der Waals surface area contributed by atoms with Gasteiger partial charge in [0.05, 0.1) is 41.2 Å². The van der Waals surface area contributed by atoms with Crippen molar-refractivity contribution < 1.29 is 29.0 Å². The number of morpholine rings is 1. The van der Waals surface area contributed by atoms with E-state index in [0.29, 0.717) is 68.5 Å². The predicted octanol–water partition coefficient (Wildman–Crippen LogP) is 3.44. The van der Waals surface area contributed by atoms with Crippen LogP contribution in [0, 0.1) is 11.8 Å². The Morgan fingerprint density at radius 3 is 2.60 bits per heavy atom. The molecule has 2 saturated heterocycles. The molecule has 3 amide bonds. The Morgan fingerprint density at radius 2 is 1.93 bits per heavy atom. The van der Waals surface area contributed by atoms with E-state index in [2.05, 4.69) is 0 Å². The molecule has 0 aliphatic carbocycles. The maximum atomic E-state index is 14.3. The maximum Gasteiger partial charge on any atom is 0.407 e. The van der Waals surface area contributed by atoms with Gasteiger partial charge in [-0.3, -0.25) is 9.59 Å². The molecule has 0 bridgehead atoms. The van der Waals surface area contributed by atoms with Crippen LogP contribution >= 0.6 is 11.6 Å². The first-order valence-corrected chi connectivity index (χ1v) is 14.4. The Bertz CT molecular complexity index is 1200. The normalized spacial score (nSPS) is 19.8. The number of carbonyl (C=O) groups excluding carboxylic acids is 2. The van der Waals surface area contributed by atoms with Crippen molar-refractivity contribution in [2.45, 2.75) is 45.7 Å². The molecule has 1 aromatic heterocycles. The van der Waals surface area contributed by atoms with Crippen molar-refractivity contribution >= 4 is 40.5 Å². The number of ether oxygens (including phenoxy) is 2. The molecule has 2 aliphatic rings. The van der Waals surface area contributed by atoms with Gasteiger partial charge in [-0.15, -0.1) is 0 Å². The highest BCUT2D eigenvalue weighted by Crippen LogP contribution is 2.29. The third-order valence-electron chi connectivity index (χ3n) is 7.52. The second-order valence-electron chi connectivity index (χ2n) is 11.0. The molecule has 220 valence electrons. The van der Waals surface area contributed by atoms with Crippen molar-refractivity contribution in [3.8, 4) is 0 Å². The average Bonchev–Trinajstić information content (AvgIpc) is 3.33. The van der Waals surface area contributed by atoms with Crippen LogP contribution in [0.3, 0.4) is 0 Å². The number of hydrogen-bond acceptors (Lipinski definition) is 6. The summed E-state index contributed by atoms with van der Waals surface area (Å²) >= 11 is 6.58. The third-order valence-corrected chi connectivity index (χ3v) is 7.83. The summed E-state index contributed by atoms with van der Waals surface area (Å²) in [6.45, 7) is 7.70. The van der Waals surface area contributed by atoms with Crippen LogP contribution in [0.4, 0.5) is 4.79 Å². The van der Waals surface area contributed by atoms with Crippen molar-refractivity contribution in [2.24, 2.45) is 11.8 Å². The van der Waals surface area contributed by atoms with E-state index < -0.39 is 18.1 Å². The number of fused-ring (bicyclic) bond motifs is 1. The number of rotatable bonds is 10. The fourth-order valence-corrected chi connectivity index (χ4v) is 5.91. The van der Waals surface area contributed by atoms with Crippen LogP contribution < -0.4 is 0 Å². The van der Waals surface area contributed by atoms with Gasteiger partial charge in [0.1, 0.15) is 0 Å². The van der Waals surface area contributed by atoms with Gasteiger partial charge < -0.3 is 33.8 Å². The number of halogens is 1. The van der Waals surface area contributed by atoms with Gasteiger partial charge in [-0.05, 0) is 37.3 Å². The number of piperidine rings is 1. The molecule has 0 unspecified atom stereocenters. The Morgan fingerprint density at radius 1 is 1.18 bits per heavy atom. The van der Waals surface area contributed by atoms with Crippen LogP contribution in [-0.4, -0.2) is 113 Å². The summed E-state index contributed by atoms with van der Waals surface area (Å²) in [6.07, 6.45) is 0.860. The third kappa shape index (κ3) is 6.87. The van der Waals surface area contributed by atoms with E-state index in [4.69, 9.17) is 26.1 Å². The number of methoxy groups -OCH3 is 1. The number of carbonyl (C=O) groups is 3. The minimum Gasteiger partial charge on any atom is -0.465 e. The SMILES string of the molecule is COCCCCn1c(C(=O)N(CC(C)C)[C@H]2C[C@@H](C(=O)N3CCOCC3)CN(C(=O)O)C2)nc2cccc(Cl)c21. The summed E-state index contributed by atoms with van der Waals surface area (Å²) in [7, 11) is 1.66. The van der Waals surface area contributed by atoms with Gasteiger partial charge in [-0.25, -0.2) is 9.78 Å². The highest BCUT2D eigenvalue weighted by atomic mass is 35.5. The summed E-state index contributed by atoms with van der Waals surface area (Å²) in [5, 5.41) is 10.4. The smallest absolute Gasteiger partial charge is 0.407 e. The van der Waals surface area contributed by atoms with E-state index >= 15 is 0 Å². The number of para-hydroxylation sites is 1. The van der Waals surface area contributed by atoms with Crippen LogP contribution in [0.15, 0.2) is 18.2 Å². The zero-order chi connectivity index (χ0) is 28.8. The van der Waals surface area contributed by atoms with Gasteiger partial charge in [0.25, 0.3) is 5.91 Å². The van der Waals surface area contributed by atoms with Crippen LogP contribution in [0.2, 0.25) is 5.02 Å². The molecule has 1 aromatic carbocycles. The van der Waals surface area contributed by atoms with E-state index in [1.54, 1.807) is 29.0 Å². The second-order valence-corrected chi connectivity index (χ2v) is 11.4. The molecular weight excluding hydrogens is 538 g/mol. The van der Waals surface area contributed by atoms with Crippen molar-refractivity contribution in [3.63, 3.8) is 0 Å². The highest BCUT2D eigenvalue weighted by Gasteiger charge is 2.41. The number of nitrogens with zero attached hydrogens (tertiary/aromatic N) is 5. The number of benzene rings is 1. The number of unbranched alkanes of at least 4 members (excludes halogenated alkanes) is 1. The number of carboxylic acid groups (broad SMARTS) is 1. The first-order chi connectivity index (χ1) is 19.2. The maximum absolute atomic E-state index is 14.3. The van der Waals surface area contributed by atoms with Gasteiger partial charge in [-0.1, -0.05) is 31.5 Å². The summed E-state index contributed by atoms with van der Waals surface area (Å²) in [4.78, 5) is 49.4. The molecule has 11 nitrogen and oxygen atoms in total. The van der Waals surface area contributed by atoms with E-state index in [-0.39, 0.29) is 36.6 Å². The fourth-order valence-electron chi connectivity index (χ4n) is 5.63. The molecule has 0 spiro atoms.